The number of amides is 1. The molecule has 1 amide bonds. The lowest BCUT2D eigenvalue weighted by molar-refractivity contribution is 0.0924. The summed E-state index contributed by atoms with van der Waals surface area (Å²) < 4.78 is 1.89. The molecule has 6 heteroatoms. The maximum atomic E-state index is 12.1. The Labute approximate surface area is 122 Å². The molecule has 0 aliphatic carbocycles. The van der Waals surface area contributed by atoms with E-state index in [1.54, 1.807) is 0 Å². The number of carbonyl (C=O) groups is 1. The van der Waals surface area contributed by atoms with Crippen LogP contribution in [0.2, 0.25) is 0 Å². The standard InChI is InChI=1S/C11H14Br2N2OS/c1-6-8(3-2-4-14-6)15-11(16)9-5-7(12)10(13)17-9/h5-6,8,14H,2-4H2,1H3,(H,15,16). The van der Waals surface area contributed by atoms with Gasteiger partial charge in [0.05, 0.1) is 8.66 Å². The third kappa shape index (κ3) is 3.30. The van der Waals surface area contributed by atoms with Crippen LogP contribution in [0.15, 0.2) is 14.3 Å². The van der Waals surface area contributed by atoms with Crippen LogP contribution in [0, 0.1) is 0 Å². The minimum atomic E-state index is 0.0157. The molecule has 2 heterocycles. The summed E-state index contributed by atoms with van der Waals surface area (Å²) in [6, 6.07) is 2.43. The Hall–Kier alpha value is 0.0900. The van der Waals surface area contributed by atoms with Crippen molar-refractivity contribution in [3.05, 3.63) is 19.2 Å². The first-order valence-corrected chi connectivity index (χ1v) is 7.97. The summed E-state index contributed by atoms with van der Waals surface area (Å²) in [4.78, 5) is 12.8. The van der Waals surface area contributed by atoms with Gasteiger partial charge in [0.2, 0.25) is 0 Å². The molecule has 2 rings (SSSR count). The molecular formula is C11H14Br2N2OS. The number of rotatable bonds is 2. The van der Waals surface area contributed by atoms with Crippen LogP contribution in [0.3, 0.4) is 0 Å². The zero-order valence-corrected chi connectivity index (χ0v) is 13.4. The number of halogens is 2. The number of nitrogens with one attached hydrogen (secondary N) is 2. The second-order valence-electron chi connectivity index (χ2n) is 4.20. The highest BCUT2D eigenvalue weighted by atomic mass is 79.9. The van der Waals surface area contributed by atoms with Gasteiger partial charge < -0.3 is 10.6 Å². The predicted octanol–water partition coefficient (Wildman–Crippen LogP) is 3.14. The van der Waals surface area contributed by atoms with E-state index in [9.17, 15) is 4.79 Å². The number of thiophene rings is 1. The Balaban J connectivity index is 2.01. The molecule has 1 fully saturated rings. The topological polar surface area (TPSA) is 41.1 Å². The largest absolute Gasteiger partial charge is 0.347 e. The Bertz CT molecular complexity index is 402. The first kappa shape index (κ1) is 13.5. The molecule has 94 valence electrons. The van der Waals surface area contributed by atoms with Crippen LogP contribution >= 0.6 is 43.2 Å². The predicted molar refractivity (Wildman–Crippen MR) is 77.7 cm³/mol. The van der Waals surface area contributed by atoms with E-state index in [4.69, 9.17) is 0 Å². The Morgan fingerprint density at radius 2 is 2.35 bits per heavy atom. The SMILES string of the molecule is CC1NCCCC1NC(=O)c1cc(Br)c(Br)s1. The average Bonchev–Trinajstić information content (AvgIpc) is 2.63. The molecular weight excluding hydrogens is 368 g/mol. The van der Waals surface area contributed by atoms with Gasteiger partial charge in [0.25, 0.3) is 5.91 Å². The molecule has 1 aromatic rings. The van der Waals surface area contributed by atoms with Crippen LogP contribution in [0.25, 0.3) is 0 Å². The summed E-state index contributed by atoms with van der Waals surface area (Å²) in [6.45, 7) is 3.16. The van der Waals surface area contributed by atoms with Crippen molar-refractivity contribution in [1.82, 2.24) is 10.6 Å². The fraction of sp³-hybridized carbons (Fsp3) is 0.545. The van der Waals surface area contributed by atoms with E-state index in [0.717, 1.165) is 32.5 Å². The Kier molecular flexibility index (Phi) is 4.63. The first-order chi connectivity index (χ1) is 8.08. The summed E-state index contributed by atoms with van der Waals surface area (Å²) >= 11 is 8.24. The van der Waals surface area contributed by atoms with Crippen molar-refractivity contribution in [2.45, 2.75) is 31.8 Å². The molecule has 2 unspecified atom stereocenters. The highest BCUT2D eigenvalue weighted by Gasteiger charge is 2.23. The van der Waals surface area contributed by atoms with Gasteiger partial charge in [-0.2, -0.15) is 0 Å². The zero-order chi connectivity index (χ0) is 12.4. The number of hydrogen-bond acceptors (Lipinski definition) is 3. The van der Waals surface area contributed by atoms with Crippen molar-refractivity contribution in [1.29, 1.82) is 0 Å². The van der Waals surface area contributed by atoms with Crippen molar-refractivity contribution in [2.75, 3.05) is 6.54 Å². The maximum Gasteiger partial charge on any atom is 0.261 e. The van der Waals surface area contributed by atoms with Crippen LogP contribution < -0.4 is 10.6 Å². The van der Waals surface area contributed by atoms with Crippen LogP contribution in [0.1, 0.15) is 29.4 Å². The molecule has 1 aliphatic heterocycles. The summed E-state index contributed by atoms with van der Waals surface area (Å²) in [5, 5.41) is 6.47. The summed E-state index contributed by atoms with van der Waals surface area (Å²) in [6.07, 6.45) is 2.17. The van der Waals surface area contributed by atoms with Gasteiger partial charge in [-0.15, -0.1) is 11.3 Å². The molecule has 2 N–H and O–H groups in total. The van der Waals surface area contributed by atoms with Gasteiger partial charge in [-0.25, -0.2) is 0 Å². The minimum absolute atomic E-state index is 0.0157. The molecule has 0 saturated carbocycles. The minimum Gasteiger partial charge on any atom is -0.347 e. The number of hydrogen-bond donors (Lipinski definition) is 2. The van der Waals surface area contributed by atoms with Crippen LogP contribution in [0.5, 0.6) is 0 Å². The van der Waals surface area contributed by atoms with E-state index in [0.29, 0.717) is 6.04 Å². The lowest BCUT2D eigenvalue weighted by Gasteiger charge is -2.30. The molecule has 1 aliphatic rings. The van der Waals surface area contributed by atoms with Gasteiger partial charge in [0.1, 0.15) is 0 Å². The van der Waals surface area contributed by atoms with Gasteiger partial charge in [-0.3, -0.25) is 4.79 Å². The molecule has 0 radical (unpaired) electrons. The maximum absolute atomic E-state index is 12.1. The van der Waals surface area contributed by atoms with Crippen molar-refractivity contribution in [3.63, 3.8) is 0 Å². The third-order valence-corrected chi connectivity index (χ3v) is 6.20. The lowest BCUT2D eigenvalue weighted by atomic mass is 10.00. The molecule has 17 heavy (non-hydrogen) atoms. The third-order valence-electron chi connectivity index (χ3n) is 2.95. The van der Waals surface area contributed by atoms with E-state index in [1.807, 2.05) is 6.07 Å². The Morgan fingerprint density at radius 3 is 2.94 bits per heavy atom. The molecule has 0 bridgehead atoms. The fourth-order valence-corrected chi connectivity index (χ4v) is 3.88. The van der Waals surface area contributed by atoms with Gasteiger partial charge in [0, 0.05) is 16.6 Å². The highest BCUT2D eigenvalue weighted by Crippen LogP contribution is 2.32. The van der Waals surface area contributed by atoms with Crippen LogP contribution in [-0.4, -0.2) is 24.5 Å². The lowest BCUT2D eigenvalue weighted by Crippen LogP contribution is -2.51. The summed E-state index contributed by atoms with van der Waals surface area (Å²) in [5.74, 6) is 0.0157. The molecule has 3 nitrogen and oxygen atoms in total. The number of piperidine rings is 1. The van der Waals surface area contributed by atoms with Gasteiger partial charge in [-0.1, -0.05) is 0 Å². The quantitative estimate of drug-likeness (QED) is 0.826. The van der Waals surface area contributed by atoms with Crippen molar-refractivity contribution < 1.29 is 4.79 Å². The average molecular weight is 382 g/mol. The Morgan fingerprint density at radius 1 is 1.59 bits per heavy atom. The number of carbonyl (C=O) groups excluding carboxylic acids is 1. The second-order valence-corrected chi connectivity index (χ2v) is 7.42. The van der Waals surface area contributed by atoms with E-state index < -0.39 is 0 Å². The van der Waals surface area contributed by atoms with Crippen LogP contribution in [0.4, 0.5) is 0 Å². The monoisotopic (exact) mass is 380 g/mol. The van der Waals surface area contributed by atoms with Crippen molar-refractivity contribution >= 4 is 49.1 Å². The smallest absolute Gasteiger partial charge is 0.261 e. The molecule has 0 spiro atoms. The van der Waals surface area contributed by atoms with Gasteiger partial charge in [-0.05, 0) is 64.2 Å². The summed E-state index contributed by atoms with van der Waals surface area (Å²) in [7, 11) is 0. The van der Waals surface area contributed by atoms with Gasteiger partial charge in [0.15, 0.2) is 0 Å². The fourth-order valence-electron chi connectivity index (χ4n) is 1.94. The highest BCUT2D eigenvalue weighted by molar-refractivity contribution is 9.13. The van der Waals surface area contributed by atoms with Gasteiger partial charge >= 0.3 is 0 Å². The van der Waals surface area contributed by atoms with E-state index in [1.165, 1.54) is 11.3 Å². The van der Waals surface area contributed by atoms with E-state index in [-0.39, 0.29) is 11.9 Å². The van der Waals surface area contributed by atoms with Crippen molar-refractivity contribution in [2.24, 2.45) is 0 Å². The molecule has 1 saturated heterocycles. The molecule has 0 aromatic carbocycles. The molecule has 2 atom stereocenters. The zero-order valence-electron chi connectivity index (χ0n) is 9.43. The summed E-state index contributed by atoms with van der Waals surface area (Å²) in [5.41, 5.74) is 0. The van der Waals surface area contributed by atoms with E-state index >= 15 is 0 Å². The molecule has 1 aromatic heterocycles. The second kappa shape index (κ2) is 5.82. The first-order valence-electron chi connectivity index (χ1n) is 5.57. The van der Waals surface area contributed by atoms with Crippen molar-refractivity contribution in [3.8, 4) is 0 Å². The van der Waals surface area contributed by atoms with E-state index in [2.05, 4.69) is 49.4 Å². The normalized spacial score (nSPS) is 24.6. The van der Waals surface area contributed by atoms with Crippen LogP contribution in [-0.2, 0) is 0 Å².